The van der Waals surface area contributed by atoms with Crippen LogP contribution in [0, 0.1) is 0 Å². The second-order valence-corrected chi connectivity index (χ2v) is 6.29. The van der Waals surface area contributed by atoms with Gasteiger partial charge in [0.15, 0.2) is 0 Å². The lowest BCUT2D eigenvalue weighted by Crippen LogP contribution is -2.31. The van der Waals surface area contributed by atoms with Gasteiger partial charge in [-0.15, -0.1) is 0 Å². The first-order valence-electron chi connectivity index (χ1n) is 8.00. The number of amides is 1. The molecule has 2 aromatic carbocycles. The number of hydrogen-bond acceptors (Lipinski definition) is 3. The predicted molar refractivity (Wildman–Crippen MR) is 97.7 cm³/mol. The highest BCUT2D eigenvalue weighted by Crippen LogP contribution is 2.22. The quantitative estimate of drug-likeness (QED) is 0.702. The molecule has 0 radical (unpaired) electrons. The maximum Gasteiger partial charge on any atom is 0.227 e. The second kappa shape index (κ2) is 7.49. The Kier molecular flexibility index (Phi) is 5.14. The number of benzene rings is 2. The van der Waals surface area contributed by atoms with Gasteiger partial charge in [-0.25, -0.2) is 9.67 Å². The topological polar surface area (TPSA) is 51.0 Å². The fourth-order valence-corrected chi connectivity index (χ4v) is 2.82. The van der Waals surface area contributed by atoms with Crippen LogP contribution in [0.15, 0.2) is 61.2 Å². The SMILES string of the molecule is C[C@H](c1ccc(-n2cncn2)cc1)N(C)C(=O)Cc1ccccc1Cl. The molecule has 0 fully saturated rings. The average molecular weight is 355 g/mol. The van der Waals surface area contributed by atoms with E-state index in [0.29, 0.717) is 5.02 Å². The lowest BCUT2D eigenvalue weighted by Gasteiger charge is -2.26. The van der Waals surface area contributed by atoms with Crippen molar-refractivity contribution in [1.29, 1.82) is 0 Å². The standard InChI is InChI=1S/C19H19ClN4O/c1-14(15-7-9-17(10-8-15)24-13-21-12-22-24)23(2)19(25)11-16-5-3-4-6-18(16)20/h3-10,12-14H,11H2,1-2H3/t14-/m1/s1. The van der Waals surface area contributed by atoms with Crippen LogP contribution in [-0.4, -0.2) is 32.6 Å². The van der Waals surface area contributed by atoms with Crippen LogP contribution in [0.4, 0.5) is 0 Å². The normalized spacial score (nSPS) is 12.0. The molecule has 0 aliphatic carbocycles. The van der Waals surface area contributed by atoms with Crippen molar-refractivity contribution in [1.82, 2.24) is 19.7 Å². The summed E-state index contributed by atoms with van der Waals surface area (Å²) < 4.78 is 1.70. The molecule has 0 unspecified atom stereocenters. The molecule has 128 valence electrons. The van der Waals surface area contributed by atoms with Gasteiger partial charge in [0.2, 0.25) is 5.91 Å². The van der Waals surface area contributed by atoms with Gasteiger partial charge in [0.25, 0.3) is 0 Å². The third-order valence-electron chi connectivity index (χ3n) is 4.33. The molecule has 25 heavy (non-hydrogen) atoms. The molecule has 0 aliphatic heterocycles. The molecule has 1 aromatic heterocycles. The Bertz CT molecular complexity index is 846. The molecule has 3 aromatic rings. The number of halogens is 1. The maximum atomic E-state index is 12.6. The number of carbonyl (C=O) groups excluding carboxylic acids is 1. The smallest absolute Gasteiger partial charge is 0.227 e. The zero-order valence-corrected chi connectivity index (χ0v) is 14.9. The summed E-state index contributed by atoms with van der Waals surface area (Å²) in [5, 5.41) is 4.73. The largest absolute Gasteiger partial charge is 0.339 e. The lowest BCUT2D eigenvalue weighted by molar-refractivity contribution is -0.131. The van der Waals surface area contributed by atoms with Gasteiger partial charge < -0.3 is 4.90 Å². The second-order valence-electron chi connectivity index (χ2n) is 5.88. The fourth-order valence-electron chi connectivity index (χ4n) is 2.62. The van der Waals surface area contributed by atoms with Gasteiger partial charge in [0.1, 0.15) is 12.7 Å². The molecule has 0 N–H and O–H groups in total. The van der Waals surface area contributed by atoms with Gasteiger partial charge in [0.05, 0.1) is 18.2 Å². The first-order valence-corrected chi connectivity index (χ1v) is 8.38. The Balaban J connectivity index is 1.70. The van der Waals surface area contributed by atoms with Crippen LogP contribution in [-0.2, 0) is 11.2 Å². The highest BCUT2D eigenvalue weighted by molar-refractivity contribution is 6.31. The van der Waals surface area contributed by atoms with E-state index < -0.39 is 0 Å². The highest BCUT2D eigenvalue weighted by Gasteiger charge is 2.18. The van der Waals surface area contributed by atoms with Crippen LogP contribution in [0.25, 0.3) is 5.69 Å². The minimum atomic E-state index is -0.0419. The van der Waals surface area contributed by atoms with Gasteiger partial charge in [-0.3, -0.25) is 4.79 Å². The van der Waals surface area contributed by atoms with Crippen molar-refractivity contribution in [2.45, 2.75) is 19.4 Å². The Morgan fingerprint density at radius 1 is 1.20 bits per heavy atom. The van der Waals surface area contributed by atoms with Crippen LogP contribution in [0.5, 0.6) is 0 Å². The number of nitrogens with zero attached hydrogens (tertiary/aromatic N) is 4. The number of rotatable bonds is 5. The summed E-state index contributed by atoms with van der Waals surface area (Å²) >= 11 is 6.15. The molecule has 1 atom stereocenters. The van der Waals surface area contributed by atoms with Crippen LogP contribution in [0.1, 0.15) is 24.1 Å². The average Bonchev–Trinajstić information content (AvgIpc) is 3.17. The fraction of sp³-hybridized carbons (Fsp3) is 0.211. The highest BCUT2D eigenvalue weighted by atomic mass is 35.5. The van der Waals surface area contributed by atoms with Crippen LogP contribution < -0.4 is 0 Å². The van der Waals surface area contributed by atoms with Gasteiger partial charge in [-0.05, 0) is 36.2 Å². The zero-order valence-electron chi connectivity index (χ0n) is 14.1. The minimum Gasteiger partial charge on any atom is -0.339 e. The van der Waals surface area contributed by atoms with Crippen molar-refractivity contribution in [3.63, 3.8) is 0 Å². The molecule has 1 amide bonds. The van der Waals surface area contributed by atoms with Gasteiger partial charge in [-0.2, -0.15) is 5.10 Å². The Labute approximate surface area is 151 Å². The predicted octanol–water partition coefficient (Wildman–Crippen LogP) is 3.68. The molecule has 0 spiro atoms. The third-order valence-corrected chi connectivity index (χ3v) is 4.70. The van der Waals surface area contributed by atoms with Crippen LogP contribution in [0.2, 0.25) is 5.02 Å². The van der Waals surface area contributed by atoms with E-state index in [1.807, 2.05) is 56.4 Å². The molecule has 0 saturated heterocycles. The molecule has 0 aliphatic rings. The van der Waals surface area contributed by atoms with Crippen LogP contribution >= 0.6 is 11.6 Å². The van der Waals surface area contributed by atoms with Crippen molar-refractivity contribution in [3.8, 4) is 5.69 Å². The van der Waals surface area contributed by atoms with Crippen LogP contribution in [0.3, 0.4) is 0 Å². The van der Waals surface area contributed by atoms with E-state index in [2.05, 4.69) is 10.1 Å². The Hall–Kier alpha value is -2.66. The first kappa shape index (κ1) is 17.2. The van der Waals surface area contributed by atoms with Crippen molar-refractivity contribution >= 4 is 17.5 Å². The molecule has 3 rings (SSSR count). The van der Waals surface area contributed by atoms with E-state index in [0.717, 1.165) is 16.8 Å². The summed E-state index contributed by atoms with van der Waals surface area (Å²) in [6.07, 6.45) is 3.44. The lowest BCUT2D eigenvalue weighted by atomic mass is 10.1. The van der Waals surface area contributed by atoms with Crippen molar-refractivity contribution < 1.29 is 4.79 Å². The van der Waals surface area contributed by atoms with Crippen molar-refractivity contribution in [3.05, 3.63) is 77.3 Å². The molecular weight excluding hydrogens is 336 g/mol. The summed E-state index contributed by atoms with van der Waals surface area (Å²) in [6, 6.07) is 15.3. The third kappa shape index (κ3) is 3.88. The van der Waals surface area contributed by atoms with Crippen molar-refractivity contribution in [2.75, 3.05) is 7.05 Å². The van der Waals surface area contributed by atoms with Gasteiger partial charge in [-0.1, -0.05) is 41.9 Å². The summed E-state index contributed by atoms with van der Waals surface area (Å²) in [4.78, 5) is 18.3. The first-order chi connectivity index (χ1) is 12.1. The van der Waals surface area contributed by atoms with Gasteiger partial charge in [0, 0.05) is 12.1 Å². The number of aromatic nitrogens is 3. The molecule has 5 nitrogen and oxygen atoms in total. The van der Waals surface area contributed by atoms with Crippen molar-refractivity contribution in [2.24, 2.45) is 0 Å². The number of carbonyl (C=O) groups is 1. The molecular formula is C19H19ClN4O. The number of likely N-dealkylation sites (N-methyl/N-ethyl adjacent to an activating group) is 1. The summed E-state index contributed by atoms with van der Waals surface area (Å²) in [5.41, 5.74) is 2.83. The maximum absolute atomic E-state index is 12.6. The monoisotopic (exact) mass is 354 g/mol. The van der Waals surface area contributed by atoms with Gasteiger partial charge >= 0.3 is 0 Å². The summed E-state index contributed by atoms with van der Waals surface area (Å²) in [6.45, 7) is 2.01. The van der Waals surface area contributed by atoms with E-state index in [-0.39, 0.29) is 18.4 Å². The number of hydrogen-bond donors (Lipinski definition) is 0. The molecule has 0 saturated carbocycles. The molecule has 1 heterocycles. The van der Waals surface area contributed by atoms with E-state index in [1.165, 1.54) is 6.33 Å². The summed E-state index contributed by atoms with van der Waals surface area (Å²) in [7, 11) is 1.81. The molecule has 0 bridgehead atoms. The van der Waals surface area contributed by atoms with E-state index in [1.54, 1.807) is 22.0 Å². The Morgan fingerprint density at radius 2 is 1.92 bits per heavy atom. The summed E-state index contributed by atoms with van der Waals surface area (Å²) in [5.74, 6) is 0.0287. The van der Waals surface area contributed by atoms with E-state index in [4.69, 9.17) is 11.6 Å². The van der Waals surface area contributed by atoms with E-state index in [9.17, 15) is 4.79 Å². The Morgan fingerprint density at radius 3 is 2.56 bits per heavy atom. The van der Waals surface area contributed by atoms with E-state index >= 15 is 0 Å². The molecule has 6 heteroatoms. The zero-order chi connectivity index (χ0) is 17.8. The minimum absolute atomic E-state index is 0.0287.